The van der Waals surface area contributed by atoms with Gasteiger partial charge in [0.25, 0.3) is 0 Å². The van der Waals surface area contributed by atoms with E-state index < -0.39 is 0 Å². The average molecular weight is 157 g/mol. The Hall–Kier alpha value is 0.797. The van der Waals surface area contributed by atoms with Gasteiger partial charge in [-0.25, -0.2) is 0 Å². The summed E-state index contributed by atoms with van der Waals surface area (Å²) in [5.41, 5.74) is 0.750. The molecule has 0 saturated heterocycles. The van der Waals surface area contributed by atoms with Crippen LogP contribution in [0.25, 0.3) is 0 Å². The molecule has 0 heterocycles. The molecule has 0 aromatic heterocycles. The van der Waals surface area contributed by atoms with E-state index in [4.69, 9.17) is 23.2 Å². The summed E-state index contributed by atoms with van der Waals surface area (Å²) in [7, 11) is -0.188. The minimum atomic E-state index is -0.188. The lowest BCUT2D eigenvalue weighted by Crippen LogP contribution is -2.04. The van der Waals surface area contributed by atoms with Crippen molar-refractivity contribution in [2.24, 2.45) is 0 Å². The van der Waals surface area contributed by atoms with Crippen molar-refractivity contribution in [1.82, 2.24) is 0 Å². The Balaban J connectivity index is 2.95. The Morgan fingerprint density at radius 2 is 1.71 bits per heavy atom. The van der Waals surface area contributed by atoms with Gasteiger partial charge in [-0.3, -0.25) is 0 Å². The highest BCUT2D eigenvalue weighted by atomic mass is 35.5. The molecule has 0 amide bonds. The lowest BCUT2D eigenvalue weighted by atomic mass is 10.6. The fourth-order valence-electron chi connectivity index (χ4n) is 0.356. The standard InChI is InChI=1S/C4H10Cl2Si/c1-3(2)7-4(5)6/h3-4H,7H2,1-2H3. The minimum Gasteiger partial charge on any atom is -0.110 e. The molecular formula is C4H10Cl2Si. The van der Waals surface area contributed by atoms with Gasteiger partial charge in [0.15, 0.2) is 0 Å². The molecule has 0 aliphatic rings. The monoisotopic (exact) mass is 156 g/mol. The van der Waals surface area contributed by atoms with Crippen molar-refractivity contribution in [3.63, 3.8) is 0 Å². The van der Waals surface area contributed by atoms with E-state index in [1.807, 2.05) is 0 Å². The first-order chi connectivity index (χ1) is 3.13. The van der Waals surface area contributed by atoms with E-state index in [-0.39, 0.29) is 14.0 Å². The van der Waals surface area contributed by atoms with Gasteiger partial charge in [-0.2, -0.15) is 0 Å². The SMILES string of the molecule is CC(C)[SiH2]C(Cl)Cl. The summed E-state index contributed by atoms with van der Waals surface area (Å²) in [5.74, 6) is 0. The molecule has 0 fully saturated rings. The van der Waals surface area contributed by atoms with Gasteiger partial charge >= 0.3 is 0 Å². The van der Waals surface area contributed by atoms with E-state index in [1.54, 1.807) is 0 Å². The summed E-state index contributed by atoms with van der Waals surface area (Å²) in [4.78, 5) is 0. The molecule has 0 spiro atoms. The first-order valence-corrected chi connectivity index (χ1v) is 4.91. The normalized spacial score (nSPS) is 12.9. The zero-order valence-corrected chi connectivity index (χ0v) is 7.54. The number of halogens is 2. The Bertz CT molecular complexity index is 39.0. The molecule has 0 aliphatic heterocycles. The smallest absolute Gasteiger partial charge is 0.0910 e. The van der Waals surface area contributed by atoms with E-state index in [0.717, 1.165) is 5.54 Å². The highest BCUT2D eigenvalue weighted by Crippen LogP contribution is 2.07. The van der Waals surface area contributed by atoms with E-state index in [2.05, 4.69) is 13.8 Å². The quantitative estimate of drug-likeness (QED) is 0.423. The van der Waals surface area contributed by atoms with E-state index in [9.17, 15) is 0 Å². The van der Waals surface area contributed by atoms with Gasteiger partial charge in [0, 0.05) is 0 Å². The first-order valence-electron chi connectivity index (χ1n) is 2.41. The predicted octanol–water partition coefficient (Wildman–Crippen LogP) is 1.74. The van der Waals surface area contributed by atoms with Gasteiger partial charge in [-0.15, -0.1) is 23.2 Å². The third kappa shape index (κ3) is 6.80. The van der Waals surface area contributed by atoms with Crippen LogP contribution >= 0.6 is 23.2 Å². The summed E-state index contributed by atoms with van der Waals surface area (Å²) < 4.78 is -0.0417. The fraction of sp³-hybridized carbons (Fsp3) is 1.00. The Morgan fingerprint density at radius 3 is 1.71 bits per heavy atom. The highest BCUT2D eigenvalue weighted by molar-refractivity contribution is 6.69. The van der Waals surface area contributed by atoms with Gasteiger partial charge in [0.1, 0.15) is 0 Å². The predicted molar refractivity (Wildman–Crippen MR) is 39.1 cm³/mol. The zero-order valence-electron chi connectivity index (χ0n) is 4.62. The highest BCUT2D eigenvalue weighted by Gasteiger charge is 2.01. The maximum absolute atomic E-state index is 5.50. The van der Waals surface area contributed by atoms with Crippen LogP contribution in [0.3, 0.4) is 0 Å². The number of rotatable bonds is 2. The molecule has 0 radical (unpaired) electrons. The van der Waals surface area contributed by atoms with Crippen LogP contribution < -0.4 is 0 Å². The zero-order chi connectivity index (χ0) is 5.86. The van der Waals surface area contributed by atoms with Crippen molar-refractivity contribution in [3.8, 4) is 0 Å². The van der Waals surface area contributed by atoms with Crippen LogP contribution in [-0.2, 0) is 0 Å². The molecule has 0 bridgehead atoms. The van der Waals surface area contributed by atoms with Crippen LogP contribution in [0.5, 0.6) is 0 Å². The molecule has 0 N–H and O–H groups in total. The molecule has 44 valence electrons. The number of alkyl halides is 2. The second-order valence-corrected chi connectivity index (χ2v) is 7.25. The largest absolute Gasteiger partial charge is 0.110 e. The minimum absolute atomic E-state index is 0.0417. The maximum Gasteiger partial charge on any atom is 0.0910 e. The van der Waals surface area contributed by atoms with Gasteiger partial charge in [-0.1, -0.05) is 19.4 Å². The number of hydrogen-bond donors (Lipinski definition) is 0. The van der Waals surface area contributed by atoms with Crippen molar-refractivity contribution >= 4 is 32.7 Å². The molecule has 0 saturated carbocycles. The van der Waals surface area contributed by atoms with Gasteiger partial charge in [-0.05, 0) is 0 Å². The molecule has 0 aromatic rings. The summed E-state index contributed by atoms with van der Waals surface area (Å²) in [5, 5.41) is 0. The molecule has 0 rings (SSSR count). The Kier molecular flexibility index (Phi) is 4.18. The summed E-state index contributed by atoms with van der Waals surface area (Å²) in [6.07, 6.45) is 0. The van der Waals surface area contributed by atoms with Crippen molar-refractivity contribution in [3.05, 3.63) is 0 Å². The summed E-state index contributed by atoms with van der Waals surface area (Å²) in [6, 6.07) is 0. The second kappa shape index (κ2) is 3.76. The molecule has 0 aromatic carbocycles. The third-order valence-corrected chi connectivity index (χ3v) is 3.02. The van der Waals surface area contributed by atoms with Gasteiger partial charge in [0.2, 0.25) is 0 Å². The summed E-state index contributed by atoms with van der Waals surface area (Å²) >= 11 is 11.0. The van der Waals surface area contributed by atoms with Crippen LogP contribution in [0.2, 0.25) is 5.54 Å². The number of hydrogen-bond acceptors (Lipinski definition) is 0. The van der Waals surface area contributed by atoms with Crippen molar-refractivity contribution in [1.29, 1.82) is 0 Å². The van der Waals surface area contributed by atoms with Crippen molar-refractivity contribution in [2.45, 2.75) is 23.8 Å². The van der Waals surface area contributed by atoms with Crippen molar-refractivity contribution in [2.75, 3.05) is 0 Å². The van der Waals surface area contributed by atoms with Crippen LogP contribution in [0, 0.1) is 0 Å². The average Bonchev–Trinajstić information content (AvgIpc) is 1.27. The molecule has 0 unspecified atom stereocenters. The Morgan fingerprint density at radius 1 is 1.29 bits per heavy atom. The molecule has 0 nitrogen and oxygen atoms in total. The van der Waals surface area contributed by atoms with Crippen LogP contribution in [0.15, 0.2) is 0 Å². The van der Waals surface area contributed by atoms with Crippen LogP contribution in [0.4, 0.5) is 0 Å². The van der Waals surface area contributed by atoms with Crippen molar-refractivity contribution < 1.29 is 0 Å². The van der Waals surface area contributed by atoms with Crippen LogP contribution in [-0.4, -0.2) is 14.0 Å². The summed E-state index contributed by atoms with van der Waals surface area (Å²) in [6.45, 7) is 4.31. The molecule has 0 aliphatic carbocycles. The second-order valence-electron chi connectivity index (χ2n) is 2.02. The molecule has 0 atom stereocenters. The van der Waals surface area contributed by atoms with Gasteiger partial charge < -0.3 is 0 Å². The van der Waals surface area contributed by atoms with E-state index >= 15 is 0 Å². The Labute approximate surface area is 57.0 Å². The lowest BCUT2D eigenvalue weighted by Gasteiger charge is -2.00. The van der Waals surface area contributed by atoms with Gasteiger partial charge in [0.05, 0.1) is 14.0 Å². The van der Waals surface area contributed by atoms with E-state index in [1.165, 1.54) is 0 Å². The molecule has 7 heavy (non-hydrogen) atoms. The van der Waals surface area contributed by atoms with Crippen LogP contribution in [0.1, 0.15) is 13.8 Å². The maximum atomic E-state index is 5.50. The lowest BCUT2D eigenvalue weighted by molar-refractivity contribution is 1.06. The topological polar surface area (TPSA) is 0 Å². The first kappa shape index (κ1) is 7.80. The molecular weight excluding hydrogens is 147 g/mol. The van der Waals surface area contributed by atoms with E-state index in [0.29, 0.717) is 0 Å². The third-order valence-electron chi connectivity index (χ3n) is 0.650. The molecule has 3 heteroatoms. The fourth-order valence-corrected chi connectivity index (χ4v) is 3.21.